The van der Waals surface area contributed by atoms with Gasteiger partial charge in [0.25, 0.3) is 10.0 Å². The van der Waals surface area contributed by atoms with Crippen molar-refractivity contribution in [3.05, 3.63) is 52.9 Å². The topological polar surface area (TPSA) is 59.1 Å². The number of pyridine rings is 1. The molecule has 0 atom stereocenters. The Bertz CT molecular complexity index is 662. The first-order valence-electron chi connectivity index (χ1n) is 4.88. The van der Waals surface area contributed by atoms with Gasteiger partial charge in [0, 0.05) is 6.20 Å². The molecule has 1 N–H and O–H groups in total. The Morgan fingerprint density at radius 3 is 2.61 bits per heavy atom. The molecule has 0 saturated carbocycles. The fourth-order valence-corrected chi connectivity index (χ4v) is 2.80. The number of rotatable bonds is 3. The first-order chi connectivity index (χ1) is 8.50. The number of benzene rings is 1. The van der Waals surface area contributed by atoms with Gasteiger partial charge in [-0.25, -0.2) is 9.37 Å². The number of nitrogens with zero attached hydrogens (tertiary/aromatic N) is 1. The van der Waals surface area contributed by atoms with Crippen molar-refractivity contribution < 1.29 is 12.8 Å². The fraction of sp³-hybridized carbons (Fsp3) is 0. The highest BCUT2D eigenvalue weighted by Gasteiger charge is 2.17. The molecule has 0 unspecified atom stereocenters. The van der Waals surface area contributed by atoms with Crippen LogP contribution < -0.4 is 4.72 Å². The van der Waals surface area contributed by atoms with Crippen LogP contribution in [0.4, 0.5) is 10.1 Å². The number of nitrogens with one attached hydrogen (secondary N) is 1. The minimum atomic E-state index is -3.81. The second-order valence-electron chi connectivity index (χ2n) is 3.37. The van der Waals surface area contributed by atoms with Crippen LogP contribution in [0.2, 0.25) is 0 Å². The lowest BCUT2D eigenvalue weighted by Crippen LogP contribution is -2.14. The predicted molar refractivity (Wildman–Crippen MR) is 69.1 cm³/mol. The molecule has 0 aliphatic rings. The molecular weight excluding hydrogens is 323 g/mol. The Hall–Kier alpha value is -1.47. The first kappa shape index (κ1) is 13.0. The van der Waals surface area contributed by atoms with Gasteiger partial charge in [0.2, 0.25) is 0 Å². The minimum absolute atomic E-state index is 0.0597. The lowest BCUT2D eigenvalue weighted by molar-refractivity contribution is 0.597. The molecule has 18 heavy (non-hydrogen) atoms. The minimum Gasteiger partial charge on any atom is -0.277 e. The summed E-state index contributed by atoms with van der Waals surface area (Å²) < 4.78 is 39.5. The van der Waals surface area contributed by atoms with E-state index in [4.69, 9.17) is 0 Å². The molecule has 0 radical (unpaired) electrons. The number of aromatic nitrogens is 1. The fourth-order valence-electron chi connectivity index (χ4n) is 1.29. The maximum Gasteiger partial charge on any atom is 0.279 e. The summed E-state index contributed by atoms with van der Waals surface area (Å²) in [5.74, 6) is -0.545. The van der Waals surface area contributed by atoms with Gasteiger partial charge in [-0.1, -0.05) is 12.1 Å². The van der Waals surface area contributed by atoms with E-state index in [0.29, 0.717) is 0 Å². The van der Waals surface area contributed by atoms with Crippen molar-refractivity contribution in [2.45, 2.75) is 5.03 Å². The molecular formula is C11H8BrFN2O2S. The van der Waals surface area contributed by atoms with Gasteiger partial charge in [-0.2, -0.15) is 8.42 Å². The summed E-state index contributed by atoms with van der Waals surface area (Å²) in [7, 11) is -3.81. The van der Waals surface area contributed by atoms with Crippen molar-refractivity contribution in [1.29, 1.82) is 0 Å². The van der Waals surface area contributed by atoms with Crippen LogP contribution in [-0.2, 0) is 10.0 Å². The quantitative estimate of drug-likeness (QED) is 0.941. The van der Waals surface area contributed by atoms with E-state index in [1.54, 1.807) is 12.1 Å². The van der Waals surface area contributed by atoms with Gasteiger partial charge in [-0.3, -0.25) is 4.72 Å². The third-order valence-electron chi connectivity index (χ3n) is 2.11. The maximum atomic E-state index is 13.3. The van der Waals surface area contributed by atoms with Crippen molar-refractivity contribution in [3.63, 3.8) is 0 Å². The van der Waals surface area contributed by atoms with E-state index in [1.165, 1.54) is 30.5 Å². The molecule has 7 heteroatoms. The maximum absolute atomic E-state index is 13.3. The SMILES string of the molecule is O=S(=O)(Nc1cccc(F)c1Br)c1ccccn1. The first-order valence-corrected chi connectivity index (χ1v) is 7.16. The molecule has 0 saturated heterocycles. The molecule has 0 aliphatic carbocycles. The zero-order valence-corrected chi connectivity index (χ0v) is 11.4. The van der Waals surface area contributed by atoms with E-state index in [1.807, 2.05) is 0 Å². The van der Waals surface area contributed by atoms with Gasteiger partial charge in [-0.15, -0.1) is 0 Å². The third-order valence-corrected chi connectivity index (χ3v) is 4.20. The molecule has 1 aromatic heterocycles. The third kappa shape index (κ3) is 2.68. The number of hydrogen-bond acceptors (Lipinski definition) is 3. The van der Waals surface area contributed by atoms with Crippen LogP contribution in [0.3, 0.4) is 0 Å². The van der Waals surface area contributed by atoms with Crippen LogP contribution in [-0.4, -0.2) is 13.4 Å². The Morgan fingerprint density at radius 2 is 1.94 bits per heavy atom. The van der Waals surface area contributed by atoms with Crippen LogP contribution in [0.25, 0.3) is 0 Å². The molecule has 0 bridgehead atoms. The number of halogens is 2. The van der Waals surface area contributed by atoms with E-state index in [-0.39, 0.29) is 15.2 Å². The highest BCUT2D eigenvalue weighted by molar-refractivity contribution is 9.10. The van der Waals surface area contributed by atoms with Crippen molar-refractivity contribution in [1.82, 2.24) is 4.98 Å². The average Bonchev–Trinajstić information content (AvgIpc) is 2.36. The molecule has 94 valence electrons. The summed E-state index contributed by atoms with van der Waals surface area (Å²) in [5.41, 5.74) is 0.126. The molecule has 2 rings (SSSR count). The van der Waals surface area contributed by atoms with Crippen molar-refractivity contribution in [3.8, 4) is 0 Å². The Kier molecular flexibility index (Phi) is 3.63. The Labute approximate surface area is 112 Å². The van der Waals surface area contributed by atoms with Crippen LogP contribution in [0, 0.1) is 5.82 Å². The summed E-state index contributed by atoms with van der Waals surface area (Å²) in [4.78, 5) is 3.74. The molecule has 0 fully saturated rings. The van der Waals surface area contributed by atoms with Crippen molar-refractivity contribution in [2.75, 3.05) is 4.72 Å². The standard InChI is InChI=1S/C11H8BrFN2O2S/c12-11-8(13)4-3-5-9(11)15-18(16,17)10-6-1-2-7-14-10/h1-7,15H. The summed E-state index contributed by atoms with van der Waals surface area (Å²) >= 11 is 2.98. The monoisotopic (exact) mass is 330 g/mol. The van der Waals surface area contributed by atoms with Gasteiger partial charge in [0.1, 0.15) is 5.82 Å². The van der Waals surface area contributed by atoms with E-state index in [0.717, 1.165) is 0 Å². The van der Waals surface area contributed by atoms with Crippen LogP contribution in [0.15, 0.2) is 52.1 Å². The van der Waals surface area contributed by atoms with Crippen LogP contribution in [0.5, 0.6) is 0 Å². The van der Waals surface area contributed by atoms with Crippen molar-refractivity contribution in [2.24, 2.45) is 0 Å². The number of anilines is 1. The molecule has 1 aromatic carbocycles. The van der Waals surface area contributed by atoms with E-state index >= 15 is 0 Å². The number of hydrogen-bond donors (Lipinski definition) is 1. The predicted octanol–water partition coefficient (Wildman–Crippen LogP) is 2.78. The lowest BCUT2D eigenvalue weighted by atomic mass is 10.3. The van der Waals surface area contributed by atoms with Gasteiger partial charge < -0.3 is 0 Å². The highest BCUT2D eigenvalue weighted by atomic mass is 79.9. The van der Waals surface area contributed by atoms with Gasteiger partial charge in [0.05, 0.1) is 10.2 Å². The second-order valence-corrected chi connectivity index (χ2v) is 5.80. The summed E-state index contributed by atoms with van der Waals surface area (Å²) in [5, 5.41) is -0.124. The van der Waals surface area contributed by atoms with E-state index < -0.39 is 15.8 Å². The molecule has 4 nitrogen and oxygen atoms in total. The van der Waals surface area contributed by atoms with Gasteiger partial charge in [-0.05, 0) is 40.2 Å². The summed E-state index contributed by atoms with van der Waals surface area (Å²) in [6, 6.07) is 8.61. The molecule has 0 amide bonds. The zero-order valence-electron chi connectivity index (χ0n) is 8.97. The van der Waals surface area contributed by atoms with Gasteiger partial charge in [0.15, 0.2) is 5.03 Å². The zero-order chi connectivity index (χ0) is 13.2. The Morgan fingerprint density at radius 1 is 1.17 bits per heavy atom. The van der Waals surface area contributed by atoms with E-state index in [9.17, 15) is 12.8 Å². The molecule has 0 spiro atoms. The number of sulfonamides is 1. The molecule has 2 aromatic rings. The highest BCUT2D eigenvalue weighted by Crippen LogP contribution is 2.26. The summed E-state index contributed by atoms with van der Waals surface area (Å²) in [6.07, 6.45) is 1.37. The molecule has 1 heterocycles. The lowest BCUT2D eigenvalue weighted by Gasteiger charge is -2.09. The van der Waals surface area contributed by atoms with Gasteiger partial charge >= 0.3 is 0 Å². The summed E-state index contributed by atoms with van der Waals surface area (Å²) in [6.45, 7) is 0. The van der Waals surface area contributed by atoms with Crippen molar-refractivity contribution >= 4 is 31.6 Å². The average molecular weight is 331 g/mol. The van der Waals surface area contributed by atoms with Crippen LogP contribution >= 0.6 is 15.9 Å². The normalized spacial score (nSPS) is 11.2. The smallest absolute Gasteiger partial charge is 0.277 e. The van der Waals surface area contributed by atoms with Crippen LogP contribution in [0.1, 0.15) is 0 Å². The Balaban J connectivity index is 2.37. The molecule has 0 aliphatic heterocycles. The second kappa shape index (κ2) is 5.03. The largest absolute Gasteiger partial charge is 0.279 e. The van der Waals surface area contributed by atoms with E-state index in [2.05, 4.69) is 25.6 Å².